The van der Waals surface area contributed by atoms with E-state index in [-0.39, 0.29) is 0 Å². The van der Waals surface area contributed by atoms with Gasteiger partial charge in [-0.2, -0.15) is 0 Å². The molecule has 0 saturated heterocycles. The Morgan fingerprint density at radius 3 is 2.73 bits per heavy atom. The van der Waals surface area contributed by atoms with Crippen molar-refractivity contribution in [3.63, 3.8) is 0 Å². The summed E-state index contributed by atoms with van der Waals surface area (Å²) in [5, 5.41) is 0. The minimum absolute atomic E-state index is 0.666. The van der Waals surface area contributed by atoms with E-state index in [1.165, 1.54) is 5.56 Å². The quantitative estimate of drug-likeness (QED) is 0.762. The highest BCUT2D eigenvalue weighted by Crippen LogP contribution is 2.32. The van der Waals surface area contributed by atoms with Gasteiger partial charge < -0.3 is 14.5 Å². The van der Waals surface area contributed by atoms with Crippen molar-refractivity contribution in [3.05, 3.63) is 42.0 Å². The Morgan fingerprint density at radius 1 is 1.09 bits per heavy atom. The molecule has 4 heteroatoms. The zero-order valence-corrected chi connectivity index (χ0v) is 13.1. The predicted octanol–water partition coefficient (Wildman–Crippen LogP) is 4.34. The highest BCUT2D eigenvalue weighted by molar-refractivity contribution is 5.80. The number of hydrogen-bond donors (Lipinski definition) is 1. The zero-order valence-electron chi connectivity index (χ0n) is 13.1. The minimum atomic E-state index is 0.666. The maximum atomic E-state index is 5.77. The minimum Gasteiger partial charge on any atom is -0.493 e. The summed E-state index contributed by atoms with van der Waals surface area (Å²) in [5.41, 5.74) is 4.21. The van der Waals surface area contributed by atoms with Crippen LogP contribution in [0.25, 0.3) is 22.4 Å². The highest BCUT2D eigenvalue weighted by Gasteiger charge is 2.10. The highest BCUT2D eigenvalue weighted by atomic mass is 16.5. The number of hydrogen-bond acceptors (Lipinski definition) is 3. The topological polar surface area (TPSA) is 47.1 Å². The number of nitrogens with zero attached hydrogens (tertiary/aromatic N) is 1. The van der Waals surface area contributed by atoms with E-state index >= 15 is 0 Å². The summed E-state index contributed by atoms with van der Waals surface area (Å²) in [6, 6.07) is 12.1. The van der Waals surface area contributed by atoms with Gasteiger partial charge in [-0.15, -0.1) is 0 Å². The van der Waals surface area contributed by atoms with Crippen LogP contribution in [0.5, 0.6) is 11.5 Å². The first kappa shape index (κ1) is 14.4. The van der Waals surface area contributed by atoms with Crippen LogP contribution in [0, 0.1) is 6.92 Å². The largest absolute Gasteiger partial charge is 0.493 e. The number of aryl methyl sites for hydroxylation is 1. The second-order valence-corrected chi connectivity index (χ2v) is 5.32. The van der Waals surface area contributed by atoms with Crippen LogP contribution in [0.1, 0.15) is 18.9 Å². The molecular weight excluding hydrogens is 276 g/mol. The van der Waals surface area contributed by atoms with Crippen molar-refractivity contribution in [3.8, 4) is 22.9 Å². The van der Waals surface area contributed by atoms with E-state index < -0.39 is 0 Å². The van der Waals surface area contributed by atoms with Gasteiger partial charge in [0.05, 0.1) is 24.8 Å². The third-order valence-electron chi connectivity index (χ3n) is 3.54. The molecule has 3 rings (SSSR count). The molecule has 0 spiro atoms. The maximum absolute atomic E-state index is 5.77. The summed E-state index contributed by atoms with van der Waals surface area (Å²) < 4.78 is 11.1. The molecule has 0 fully saturated rings. The van der Waals surface area contributed by atoms with Crippen LogP contribution in [0.3, 0.4) is 0 Å². The van der Waals surface area contributed by atoms with Gasteiger partial charge in [-0.3, -0.25) is 0 Å². The fraction of sp³-hybridized carbons (Fsp3) is 0.278. The zero-order chi connectivity index (χ0) is 15.5. The van der Waals surface area contributed by atoms with E-state index in [1.807, 2.05) is 24.3 Å². The smallest absolute Gasteiger partial charge is 0.161 e. The van der Waals surface area contributed by atoms with Crippen LogP contribution < -0.4 is 9.47 Å². The number of H-pyrrole nitrogens is 1. The Bertz CT molecular complexity index is 793. The average Bonchev–Trinajstić information content (AvgIpc) is 2.95. The molecule has 0 bridgehead atoms. The lowest BCUT2D eigenvalue weighted by Gasteiger charge is -2.11. The van der Waals surface area contributed by atoms with Crippen LogP contribution in [-0.2, 0) is 0 Å². The fourth-order valence-corrected chi connectivity index (χ4v) is 2.41. The second-order valence-electron chi connectivity index (χ2n) is 5.32. The molecule has 22 heavy (non-hydrogen) atoms. The van der Waals surface area contributed by atoms with Gasteiger partial charge in [0.1, 0.15) is 5.82 Å². The van der Waals surface area contributed by atoms with Crippen molar-refractivity contribution in [1.29, 1.82) is 0 Å². The van der Waals surface area contributed by atoms with Crippen molar-refractivity contribution in [2.75, 3.05) is 13.7 Å². The van der Waals surface area contributed by atoms with Crippen LogP contribution in [0.15, 0.2) is 36.4 Å². The van der Waals surface area contributed by atoms with Crippen molar-refractivity contribution in [2.24, 2.45) is 0 Å². The van der Waals surface area contributed by atoms with E-state index in [2.05, 4.69) is 35.9 Å². The fourth-order valence-electron chi connectivity index (χ4n) is 2.41. The molecule has 0 radical (unpaired) electrons. The molecule has 114 valence electrons. The number of aromatic amines is 1. The van der Waals surface area contributed by atoms with E-state index in [0.717, 1.165) is 40.3 Å². The molecule has 1 heterocycles. The van der Waals surface area contributed by atoms with Crippen LogP contribution in [-0.4, -0.2) is 23.7 Å². The molecular formula is C18H20N2O2. The molecule has 1 aromatic heterocycles. The summed E-state index contributed by atoms with van der Waals surface area (Å²) in [7, 11) is 1.65. The van der Waals surface area contributed by atoms with Gasteiger partial charge in [0, 0.05) is 5.56 Å². The molecule has 0 atom stereocenters. The molecule has 4 nitrogen and oxygen atoms in total. The van der Waals surface area contributed by atoms with Crippen LogP contribution in [0.2, 0.25) is 0 Å². The van der Waals surface area contributed by atoms with Crippen molar-refractivity contribution in [2.45, 2.75) is 20.3 Å². The van der Waals surface area contributed by atoms with Gasteiger partial charge in [-0.05, 0) is 49.2 Å². The normalized spacial score (nSPS) is 10.9. The monoisotopic (exact) mass is 296 g/mol. The second kappa shape index (κ2) is 6.10. The SMILES string of the molecule is CCCOc1cc(-c2nc3ccc(C)cc3[nH]2)ccc1OC. The molecule has 0 aliphatic heterocycles. The van der Waals surface area contributed by atoms with Crippen molar-refractivity contribution in [1.82, 2.24) is 9.97 Å². The molecule has 0 unspecified atom stereocenters. The number of rotatable bonds is 5. The number of ether oxygens (including phenoxy) is 2. The summed E-state index contributed by atoms with van der Waals surface area (Å²) in [4.78, 5) is 8.02. The number of aromatic nitrogens is 2. The van der Waals surface area contributed by atoms with Crippen LogP contribution in [0.4, 0.5) is 0 Å². The Hall–Kier alpha value is -2.49. The van der Waals surface area contributed by atoms with Gasteiger partial charge in [0.25, 0.3) is 0 Å². The lowest BCUT2D eigenvalue weighted by Crippen LogP contribution is -1.98. The van der Waals surface area contributed by atoms with E-state index in [0.29, 0.717) is 6.61 Å². The number of nitrogens with one attached hydrogen (secondary N) is 1. The molecule has 0 saturated carbocycles. The lowest BCUT2D eigenvalue weighted by atomic mass is 10.2. The number of fused-ring (bicyclic) bond motifs is 1. The standard InChI is InChI=1S/C18H20N2O2/c1-4-9-22-17-11-13(6-8-16(17)21-3)18-19-14-7-5-12(2)10-15(14)20-18/h5-8,10-11H,4,9H2,1-3H3,(H,19,20). The summed E-state index contributed by atoms with van der Waals surface area (Å²) >= 11 is 0. The van der Waals surface area contributed by atoms with E-state index in [1.54, 1.807) is 7.11 Å². The Balaban J connectivity index is 2.01. The maximum Gasteiger partial charge on any atom is 0.161 e. The first-order chi connectivity index (χ1) is 10.7. The Kier molecular flexibility index (Phi) is 4.00. The third-order valence-corrected chi connectivity index (χ3v) is 3.54. The summed E-state index contributed by atoms with van der Waals surface area (Å²) in [5.74, 6) is 2.33. The molecule has 1 N–H and O–H groups in total. The van der Waals surface area contributed by atoms with Crippen molar-refractivity contribution >= 4 is 11.0 Å². The summed E-state index contributed by atoms with van der Waals surface area (Å²) in [6.45, 7) is 4.82. The molecule has 0 amide bonds. The van der Waals surface area contributed by atoms with Gasteiger partial charge in [-0.1, -0.05) is 13.0 Å². The van der Waals surface area contributed by atoms with Crippen molar-refractivity contribution < 1.29 is 9.47 Å². The summed E-state index contributed by atoms with van der Waals surface area (Å²) in [6.07, 6.45) is 0.956. The lowest BCUT2D eigenvalue weighted by molar-refractivity contribution is 0.294. The van der Waals surface area contributed by atoms with Gasteiger partial charge >= 0.3 is 0 Å². The number of imidazole rings is 1. The Labute approximate surface area is 130 Å². The molecule has 0 aliphatic rings. The third kappa shape index (κ3) is 2.77. The van der Waals surface area contributed by atoms with Gasteiger partial charge in [0.15, 0.2) is 11.5 Å². The van der Waals surface area contributed by atoms with Gasteiger partial charge in [-0.25, -0.2) is 4.98 Å². The van der Waals surface area contributed by atoms with Crippen LogP contribution >= 0.6 is 0 Å². The number of benzene rings is 2. The molecule has 0 aliphatic carbocycles. The Morgan fingerprint density at radius 2 is 1.95 bits per heavy atom. The molecule has 2 aromatic carbocycles. The van der Waals surface area contributed by atoms with Gasteiger partial charge in [0.2, 0.25) is 0 Å². The number of methoxy groups -OCH3 is 1. The predicted molar refractivity (Wildman–Crippen MR) is 88.6 cm³/mol. The first-order valence-corrected chi connectivity index (χ1v) is 7.49. The first-order valence-electron chi connectivity index (χ1n) is 7.49. The molecule has 3 aromatic rings. The van der Waals surface area contributed by atoms with E-state index in [9.17, 15) is 0 Å². The van der Waals surface area contributed by atoms with E-state index in [4.69, 9.17) is 9.47 Å². The average molecular weight is 296 g/mol.